The number of imide groups is 1. The lowest BCUT2D eigenvalue weighted by Gasteiger charge is -2.24. The van der Waals surface area contributed by atoms with Crippen LogP contribution in [-0.2, 0) is 19.1 Å². The molecule has 0 saturated carbocycles. The Morgan fingerprint density at radius 3 is 2.29 bits per heavy atom. The van der Waals surface area contributed by atoms with Crippen molar-refractivity contribution in [2.24, 2.45) is 5.92 Å². The molecule has 0 spiro atoms. The molecule has 7 nitrogen and oxygen atoms in total. The van der Waals surface area contributed by atoms with E-state index in [-0.39, 0.29) is 49.3 Å². The molecule has 2 N–H and O–H groups in total. The van der Waals surface area contributed by atoms with E-state index >= 15 is 0 Å². The van der Waals surface area contributed by atoms with Gasteiger partial charge >= 0.3 is 0 Å². The maximum absolute atomic E-state index is 11.3. The highest BCUT2D eigenvalue weighted by molar-refractivity contribution is 7.59. The van der Waals surface area contributed by atoms with Crippen LogP contribution in [0.3, 0.4) is 0 Å². The van der Waals surface area contributed by atoms with E-state index in [4.69, 9.17) is 9.84 Å². The highest BCUT2D eigenvalue weighted by Gasteiger charge is 2.34. The van der Waals surface area contributed by atoms with Crippen LogP contribution >= 0.6 is 13.5 Å². The number of rotatable bonds is 9. The second-order valence-electron chi connectivity index (χ2n) is 6.91. The van der Waals surface area contributed by atoms with Gasteiger partial charge in [0.25, 0.3) is 0 Å². The highest BCUT2D eigenvalue weighted by atomic mass is 32.1. The van der Waals surface area contributed by atoms with E-state index in [1.165, 1.54) is 11.8 Å². The summed E-state index contributed by atoms with van der Waals surface area (Å²) in [5, 5.41) is 11.3. The van der Waals surface area contributed by atoms with Crippen LogP contribution in [0.25, 0.3) is 0 Å². The number of carbonyl (C=O) groups excluding carboxylic acids is 3. The van der Waals surface area contributed by atoms with Gasteiger partial charge in [-0.15, -0.1) is 0 Å². The van der Waals surface area contributed by atoms with E-state index in [9.17, 15) is 14.4 Å². The van der Waals surface area contributed by atoms with Crippen molar-refractivity contribution in [2.75, 3.05) is 26.3 Å². The lowest BCUT2D eigenvalue weighted by atomic mass is 10.1. The first kappa shape index (κ1) is 31.6. The van der Waals surface area contributed by atoms with E-state index in [1.54, 1.807) is 0 Å². The number of amides is 3. The molecule has 168 valence electrons. The minimum Gasteiger partial charge on any atom is -0.396 e. The van der Waals surface area contributed by atoms with Gasteiger partial charge in [-0.2, -0.15) is 13.5 Å². The number of carbonyl (C=O) groups is 3. The molecule has 0 bridgehead atoms. The van der Waals surface area contributed by atoms with Crippen LogP contribution < -0.4 is 5.32 Å². The van der Waals surface area contributed by atoms with Gasteiger partial charge in [-0.25, -0.2) is 0 Å². The van der Waals surface area contributed by atoms with Gasteiger partial charge in [-0.3, -0.25) is 19.3 Å². The molecule has 28 heavy (non-hydrogen) atoms. The zero-order valence-corrected chi connectivity index (χ0v) is 19.8. The summed E-state index contributed by atoms with van der Waals surface area (Å²) >= 11 is 0. The number of ether oxygens (including phenoxy) is 1. The summed E-state index contributed by atoms with van der Waals surface area (Å²) in [5.74, 6) is -0.132. The molecular weight excluding hydrogens is 380 g/mol. The van der Waals surface area contributed by atoms with Crippen molar-refractivity contribution in [3.8, 4) is 0 Å². The monoisotopic (exact) mass is 422 g/mol. The zero-order chi connectivity index (χ0) is 21.5. The number of nitrogens with zero attached hydrogens (tertiary/aromatic N) is 1. The molecule has 3 amide bonds. The van der Waals surface area contributed by atoms with Crippen LogP contribution in [0.4, 0.5) is 0 Å². The van der Waals surface area contributed by atoms with Crippen molar-refractivity contribution < 1.29 is 24.2 Å². The molecule has 0 aliphatic carbocycles. The fraction of sp³-hybridized carbons (Fsp3) is 0.850. The molecular formula is C20H42N2O5S. The van der Waals surface area contributed by atoms with Crippen LogP contribution in [0.1, 0.15) is 74.1 Å². The van der Waals surface area contributed by atoms with Crippen LogP contribution in [0.15, 0.2) is 0 Å². The van der Waals surface area contributed by atoms with Gasteiger partial charge in [0.05, 0.1) is 12.2 Å². The van der Waals surface area contributed by atoms with Gasteiger partial charge in [-0.05, 0) is 26.7 Å². The van der Waals surface area contributed by atoms with Gasteiger partial charge in [-0.1, -0.05) is 34.1 Å². The van der Waals surface area contributed by atoms with E-state index < -0.39 is 0 Å². The quantitative estimate of drug-likeness (QED) is 0.440. The maximum Gasteiger partial charge on any atom is 0.232 e. The first-order valence-electron chi connectivity index (χ1n) is 9.98. The van der Waals surface area contributed by atoms with Crippen LogP contribution in [0.5, 0.6) is 0 Å². The predicted molar refractivity (Wildman–Crippen MR) is 118 cm³/mol. The van der Waals surface area contributed by atoms with Crippen LogP contribution in [0.2, 0.25) is 0 Å². The minimum absolute atomic E-state index is 0. The minimum atomic E-state index is -0.312. The number of nitrogens with one attached hydrogen (secondary N) is 1. The fourth-order valence-electron chi connectivity index (χ4n) is 2.30. The van der Waals surface area contributed by atoms with Crippen molar-refractivity contribution in [3.63, 3.8) is 0 Å². The van der Waals surface area contributed by atoms with E-state index in [1.807, 2.05) is 34.6 Å². The Labute approximate surface area is 178 Å². The Bertz CT molecular complexity index is 444. The SMILES string of the molecule is CC.CC(=O)NCCOC(C)(C)CCO.CCCCN1C(=O)CC(C)C1=O.S. The molecule has 1 atom stereocenters. The lowest BCUT2D eigenvalue weighted by molar-refractivity contribution is -0.139. The number of aliphatic hydroxyl groups is 1. The van der Waals surface area contributed by atoms with Gasteiger partial charge < -0.3 is 15.2 Å². The molecule has 1 aliphatic rings. The van der Waals surface area contributed by atoms with Crippen molar-refractivity contribution in [2.45, 2.75) is 79.8 Å². The van der Waals surface area contributed by atoms with E-state index in [2.05, 4.69) is 12.2 Å². The van der Waals surface area contributed by atoms with Crippen molar-refractivity contribution in [1.29, 1.82) is 0 Å². The summed E-state index contributed by atoms with van der Waals surface area (Å²) in [6, 6.07) is 0. The van der Waals surface area contributed by atoms with Gasteiger partial charge in [0, 0.05) is 39.0 Å². The lowest BCUT2D eigenvalue weighted by Crippen LogP contribution is -2.31. The molecule has 0 aromatic rings. The average Bonchev–Trinajstić information content (AvgIpc) is 2.84. The van der Waals surface area contributed by atoms with Crippen LogP contribution in [0, 0.1) is 5.92 Å². The molecule has 8 heteroatoms. The third-order valence-electron chi connectivity index (χ3n) is 3.89. The molecule has 0 radical (unpaired) electrons. The number of hydrogen-bond acceptors (Lipinski definition) is 5. The molecule has 1 unspecified atom stereocenters. The second kappa shape index (κ2) is 17.9. The van der Waals surface area contributed by atoms with Crippen LogP contribution in [-0.4, -0.2) is 59.6 Å². The summed E-state index contributed by atoms with van der Waals surface area (Å²) in [4.78, 5) is 34.4. The summed E-state index contributed by atoms with van der Waals surface area (Å²) in [6.07, 6.45) is 2.95. The van der Waals surface area contributed by atoms with E-state index in [0.717, 1.165) is 12.8 Å². The summed E-state index contributed by atoms with van der Waals surface area (Å²) < 4.78 is 5.45. The molecule has 1 fully saturated rings. The number of hydrogen-bond donors (Lipinski definition) is 2. The van der Waals surface area contributed by atoms with Gasteiger partial charge in [0.2, 0.25) is 17.7 Å². The number of likely N-dealkylation sites (tertiary alicyclic amines) is 1. The fourth-order valence-corrected chi connectivity index (χ4v) is 2.30. The first-order valence-corrected chi connectivity index (χ1v) is 9.98. The molecule has 1 heterocycles. The third kappa shape index (κ3) is 14.9. The Kier molecular flexibility index (Phi) is 20.2. The van der Waals surface area contributed by atoms with Gasteiger partial charge in [0.15, 0.2) is 0 Å². The second-order valence-corrected chi connectivity index (χ2v) is 6.91. The summed E-state index contributed by atoms with van der Waals surface area (Å²) in [5.41, 5.74) is -0.312. The summed E-state index contributed by atoms with van der Waals surface area (Å²) in [7, 11) is 0. The average molecular weight is 423 g/mol. The Balaban J connectivity index is -0.000000397. The summed E-state index contributed by atoms with van der Waals surface area (Å²) in [6.45, 7) is 14.9. The topological polar surface area (TPSA) is 95.9 Å². The van der Waals surface area contributed by atoms with Gasteiger partial charge in [0.1, 0.15) is 0 Å². The molecule has 1 rings (SSSR count). The maximum atomic E-state index is 11.3. The third-order valence-corrected chi connectivity index (χ3v) is 3.89. The number of unbranched alkanes of at least 4 members (excludes halogenated alkanes) is 1. The Morgan fingerprint density at radius 2 is 1.89 bits per heavy atom. The standard InChI is InChI=1S/C9H19NO3.C9H15NO2.C2H6.H2S/c1-8(12)10-5-7-13-9(2,3)4-6-11;1-3-4-5-10-8(11)6-7(2)9(10)12;1-2;/h11H,4-7H2,1-3H3,(H,10,12);7H,3-6H2,1-2H3;1-2H3;1H2. The Morgan fingerprint density at radius 1 is 1.32 bits per heavy atom. The number of aliphatic hydroxyl groups excluding tert-OH is 1. The molecule has 1 saturated heterocycles. The smallest absolute Gasteiger partial charge is 0.232 e. The predicted octanol–water partition coefficient (Wildman–Crippen LogP) is 2.62. The largest absolute Gasteiger partial charge is 0.396 e. The first-order chi connectivity index (χ1) is 12.6. The van der Waals surface area contributed by atoms with Crippen molar-refractivity contribution >= 4 is 31.2 Å². The van der Waals surface area contributed by atoms with Crippen molar-refractivity contribution in [3.05, 3.63) is 0 Å². The molecule has 1 aliphatic heterocycles. The van der Waals surface area contributed by atoms with Crippen molar-refractivity contribution in [1.82, 2.24) is 10.2 Å². The molecule has 0 aromatic carbocycles. The Hall–Kier alpha value is -1.12. The normalized spacial score (nSPS) is 15.7. The molecule has 0 aromatic heterocycles. The zero-order valence-electron chi connectivity index (χ0n) is 18.8. The van der Waals surface area contributed by atoms with E-state index in [0.29, 0.717) is 32.5 Å². The highest BCUT2D eigenvalue weighted by Crippen LogP contribution is 2.18.